The van der Waals surface area contributed by atoms with Crippen LogP contribution in [0.25, 0.3) is 10.9 Å². The van der Waals surface area contributed by atoms with Gasteiger partial charge in [0.25, 0.3) is 0 Å². The highest BCUT2D eigenvalue weighted by molar-refractivity contribution is 5.98. The first-order valence-corrected chi connectivity index (χ1v) is 30.0. The molecule has 3 rings (SSSR count). The van der Waals surface area contributed by atoms with Gasteiger partial charge in [-0.2, -0.15) is 0 Å². The van der Waals surface area contributed by atoms with E-state index in [0.29, 0.717) is 0 Å². The Bertz CT molecular complexity index is 3100. The van der Waals surface area contributed by atoms with Gasteiger partial charge in [0.2, 0.25) is 35.4 Å². The van der Waals surface area contributed by atoms with E-state index in [4.69, 9.17) is 0 Å². The number of carbonyl (C=O) groups excluding carboxylic acids is 6. The minimum Gasteiger partial charge on any atom is -0.481 e. The number of para-hydroxylation sites is 1. The quantitative estimate of drug-likeness (QED) is 0.0325. The summed E-state index contributed by atoms with van der Waals surface area (Å²) in [6.45, 7) is 25.0. The van der Waals surface area contributed by atoms with Crippen LogP contribution < -0.4 is 31.9 Å². The van der Waals surface area contributed by atoms with Crippen molar-refractivity contribution < 1.29 is 68.4 Å². The van der Waals surface area contributed by atoms with Gasteiger partial charge in [0.05, 0.1) is 30.6 Å². The molecule has 1 unspecified atom stereocenters. The standard InChI is InChI=1S/C66H99N9O14/c1-37(2)47(33-39(4)56(81)70-45(62(88)89)35-50(78)79)74(18)60(85)54(72-58(83)52(68-16)66(13,14)43-36-73(17)46-28-24-23-27-42(43)46)64(9,10)32-31-38(3)48(34-40(5)55(80)69-44(61(86)87)29-30-49(76)77)75(19)59(84)53(63(6,7)8)71-57(82)51(67-15)65(11,12)41-25-21-20-22-26-41/h20-28,33-34,36-38,44-45,47-48,51-54,67-68H,29-32,35H2,1-19H3,(H,69,80)(H,70,81)(H,71,82)(H,72,83)(H,76,77)(H,78,79)(H,86,87)(H,88,89)/b39-33+,40-34+/t38?,44-,45+,47+,48+,51+,52+,53+,54+/m0/s1. The fourth-order valence-electron chi connectivity index (χ4n) is 11.5. The van der Waals surface area contributed by atoms with E-state index >= 15 is 14.4 Å². The van der Waals surface area contributed by atoms with Crippen LogP contribution >= 0.6 is 0 Å². The first-order valence-electron chi connectivity index (χ1n) is 30.0. The maximum atomic E-state index is 15.6. The molecular formula is C66H99N9O14. The van der Waals surface area contributed by atoms with Crippen molar-refractivity contribution in [3.8, 4) is 0 Å². The molecule has 0 fully saturated rings. The molecule has 0 aliphatic heterocycles. The molecule has 0 saturated heterocycles. The summed E-state index contributed by atoms with van der Waals surface area (Å²) in [6, 6.07) is 7.85. The van der Waals surface area contributed by atoms with Crippen molar-refractivity contribution in [1.82, 2.24) is 46.3 Å². The Balaban J connectivity index is 2.26. The number of nitrogens with zero attached hydrogens (tertiary/aromatic N) is 3. The summed E-state index contributed by atoms with van der Waals surface area (Å²) < 4.78 is 1.97. The van der Waals surface area contributed by atoms with Gasteiger partial charge in [-0.1, -0.05) is 144 Å². The lowest BCUT2D eigenvalue weighted by Gasteiger charge is -2.42. The van der Waals surface area contributed by atoms with Crippen LogP contribution in [0.1, 0.15) is 140 Å². The molecule has 0 radical (unpaired) electrons. The molecular weight excluding hydrogens is 1140 g/mol. The number of carbonyl (C=O) groups is 10. The lowest BCUT2D eigenvalue weighted by Crippen LogP contribution is -2.62. The molecule has 89 heavy (non-hydrogen) atoms. The lowest BCUT2D eigenvalue weighted by atomic mass is 9.74. The van der Waals surface area contributed by atoms with Crippen LogP contribution in [0.2, 0.25) is 0 Å². The Morgan fingerprint density at radius 2 is 1.03 bits per heavy atom. The minimum atomic E-state index is -1.75. The van der Waals surface area contributed by atoms with Crippen molar-refractivity contribution in [2.24, 2.45) is 29.7 Å². The molecule has 6 amide bonds. The van der Waals surface area contributed by atoms with Crippen LogP contribution in [-0.4, -0.2) is 171 Å². The highest BCUT2D eigenvalue weighted by Crippen LogP contribution is 2.37. The van der Waals surface area contributed by atoms with Crippen LogP contribution in [0.3, 0.4) is 0 Å². The third-order valence-corrected chi connectivity index (χ3v) is 17.3. The number of fused-ring (bicyclic) bond motifs is 1. The molecule has 0 saturated carbocycles. The van der Waals surface area contributed by atoms with Gasteiger partial charge in [0.1, 0.15) is 24.2 Å². The Morgan fingerprint density at radius 3 is 1.52 bits per heavy atom. The van der Waals surface area contributed by atoms with Gasteiger partial charge in [-0.3, -0.25) is 38.4 Å². The number of hydrogen-bond donors (Lipinski definition) is 10. The summed E-state index contributed by atoms with van der Waals surface area (Å²) in [5.41, 5.74) is -1.09. The summed E-state index contributed by atoms with van der Waals surface area (Å²) >= 11 is 0. The zero-order valence-electron chi connectivity index (χ0n) is 55.5. The molecule has 492 valence electrons. The number of likely N-dealkylation sites (N-methyl/N-ethyl adjacent to an activating group) is 4. The molecule has 23 heteroatoms. The summed E-state index contributed by atoms with van der Waals surface area (Å²) in [4.78, 5) is 138. The van der Waals surface area contributed by atoms with E-state index in [9.17, 15) is 54.0 Å². The lowest BCUT2D eigenvalue weighted by molar-refractivity contribution is -0.146. The molecule has 10 N–H and O–H groups in total. The second-order valence-electron chi connectivity index (χ2n) is 26.8. The second kappa shape index (κ2) is 31.5. The van der Waals surface area contributed by atoms with Crippen molar-refractivity contribution in [3.05, 3.63) is 95.2 Å². The second-order valence-corrected chi connectivity index (χ2v) is 26.8. The highest BCUT2D eigenvalue weighted by atomic mass is 16.4. The number of nitrogens with one attached hydrogen (secondary N) is 6. The summed E-state index contributed by atoms with van der Waals surface area (Å²) in [7, 11) is 8.27. The monoisotopic (exact) mass is 1240 g/mol. The number of aliphatic carboxylic acids is 4. The van der Waals surface area contributed by atoms with E-state index in [1.807, 2.05) is 107 Å². The number of rotatable bonds is 33. The molecule has 9 atom stereocenters. The summed E-state index contributed by atoms with van der Waals surface area (Å²) in [5, 5.41) is 56.5. The minimum absolute atomic E-state index is 0.00707. The van der Waals surface area contributed by atoms with Crippen LogP contribution in [0, 0.1) is 22.7 Å². The maximum absolute atomic E-state index is 15.6. The van der Waals surface area contributed by atoms with Crippen LogP contribution in [0.5, 0.6) is 0 Å². The average molecular weight is 1240 g/mol. The number of carboxylic acid groups (broad SMARTS) is 4. The smallest absolute Gasteiger partial charge is 0.326 e. The molecule has 0 aliphatic carbocycles. The normalized spacial score (nSPS) is 15.7. The maximum Gasteiger partial charge on any atom is 0.326 e. The van der Waals surface area contributed by atoms with Gasteiger partial charge >= 0.3 is 23.9 Å². The third kappa shape index (κ3) is 19.5. The molecule has 1 heterocycles. The largest absolute Gasteiger partial charge is 0.481 e. The van der Waals surface area contributed by atoms with Crippen molar-refractivity contribution in [2.75, 3.05) is 28.2 Å². The first kappa shape index (κ1) is 75.3. The Kier molecular flexibility index (Phi) is 26.7. The van der Waals surface area contributed by atoms with Gasteiger partial charge < -0.3 is 66.7 Å². The number of hydrogen-bond acceptors (Lipinski definition) is 12. The zero-order chi connectivity index (χ0) is 68.0. The SMILES string of the molecule is CN[C@H](C(=O)N[C@H](C(=O)N(C)[C@H](/C=C(\C)C(=O)N[C@@H](CCC(=O)O)C(=O)O)C(C)CCC(C)(C)[C@H](NC(=O)[C@@H](NC)C(C)(C)c1cn(C)c2ccccc12)C(=O)N(C)[C@H](/C=C(\C)C(=O)N[C@H](CC(=O)O)C(=O)O)C(C)C)C(C)(C)C)C(C)(C)c1ccccc1. The molecule has 0 aliphatic rings. The molecule has 23 nitrogen and oxygen atoms in total. The number of amides is 6. The Hall–Kier alpha value is -7.92. The highest BCUT2D eigenvalue weighted by Gasteiger charge is 2.46. The van der Waals surface area contributed by atoms with E-state index in [0.717, 1.165) is 22.0 Å². The van der Waals surface area contributed by atoms with E-state index in [2.05, 4.69) is 31.9 Å². The van der Waals surface area contributed by atoms with Crippen LogP contribution in [0.4, 0.5) is 0 Å². The average Bonchev–Trinajstić information content (AvgIpc) is 1.76. The van der Waals surface area contributed by atoms with E-state index < -0.39 is 154 Å². The Labute approximate surface area is 524 Å². The van der Waals surface area contributed by atoms with Gasteiger partial charge in [0.15, 0.2) is 0 Å². The fraction of sp³-hybridized carbons (Fsp3) is 0.576. The van der Waals surface area contributed by atoms with Gasteiger partial charge in [-0.05, 0) is 87.1 Å². The van der Waals surface area contributed by atoms with E-state index in [1.165, 1.54) is 49.9 Å². The van der Waals surface area contributed by atoms with Crippen molar-refractivity contribution in [3.63, 3.8) is 0 Å². The van der Waals surface area contributed by atoms with Gasteiger partial charge in [-0.25, -0.2) is 9.59 Å². The van der Waals surface area contributed by atoms with Crippen molar-refractivity contribution in [2.45, 2.75) is 188 Å². The third-order valence-electron chi connectivity index (χ3n) is 17.3. The zero-order valence-corrected chi connectivity index (χ0v) is 55.5. The predicted octanol–water partition coefficient (Wildman–Crippen LogP) is 5.75. The van der Waals surface area contributed by atoms with Crippen LogP contribution in [0.15, 0.2) is 84.1 Å². The molecule has 0 spiro atoms. The molecule has 2 aromatic carbocycles. The van der Waals surface area contributed by atoms with Crippen molar-refractivity contribution >= 4 is 70.2 Å². The van der Waals surface area contributed by atoms with Gasteiger partial charge in [-0.15, -0.1) is 0 Å². The molecule has 3 aromatic rings. The summed E-state index contributed by atoms with van der Waals surface area (Å²) in [5.74, 6) is -10.5. The first-order chi connectivity index (χ1) is 41.1. The Morgan fingerprint density at radius 1 is 0.573 bits per heavy atom. The fourth-order valence-corrected chi connectivity index (χ4v) is 11.5. The number of benzene rings is 2. The number of carboxylic acids is 4. The number of aromatic nitrogens is 1. The number of aryl methyl sites for hydroxylation is 1. The molecule has 0 bridgehead atoms. The van der Waals surface area contributed by atoms with Crippen molar-refractivity contribution in [1.29, 1.82) is 0 Å². The molecule has 1 aromatic heterocycles. The van der Waals surface area contributed by atoms with Gasteiger partial charge in [0, 0.05) is 66.6 Å². The predicted molar refractivity (Wildman–Crippen MR) is 340 cm³/mol. The topological polar surface area (TPSA) is 335 Å². The summed E-state index contributed by atoms with van der Waals surface area (Å²) in [6.07, 6.45) is 3.48. The van der Waals surface area contributed by atoms with E-state index in [-0.39, 0.29) is 29.9 Å². The van der Waals surface area contributed by atoms with Crippen LogP contribution in [-0.2, 0) is 65.8 Å². The van der Waals surface area contributed by atoms with E-state index in [1.54, 1.807) is 62.6 Å².